The molecule has 2 aromatic carbocycles. The van der Waals surface area contributed by atoms with E-state index < -0.39 is 10.0 Å². The monoisotopic (exact) mass is 385 g/mol. The highest BCUT2D eigenvalue weighted by molar-refractivity contribution is 7.89. The van der Waals surface area contributed by atoms with E-state index in [0.29, 0.717) is 16.8 Å². The number of hydrogen-bond donors (Lipinski definition) is 3. The number of hydrogen-bond acceptors (Lipinski definition) is 6. The third-order valence-electron chi connectivity index (χ3n) is 3.71. The van der Waals surface area contributed by atoms with Crippen LogP contribution in [0.2, 0.25) is 0 Å². The number of fused-ring (bicyclic) bond motifs is 1. The predicted octanol–water partition coefficient (Wildman–Crippen LogP) is 2.16. The Morgan fingerprint density at radius 1 is 1.11 bits per heavy atom. The van der Waals surface area contributed by atoms with E-state index in [1.165, 1.54) is 12.1 Å². The van der Waals surface area contributed by atoms with Crippen molar-refractivity contribution >= 4 is 38.5 Å². The molecule has 27 heavy (non-hydrogen) atoms. The van der Waals surface area contributed by atoms with Crippen molar-refractivity contribution in [1.29, 1.82) is 0 Å². The van der Waals surface area contributed by atoms with E-state index in [1.807, 2.05) is 19.9 Å². The molecule has 0 spiro atoms. The Bertz CT molecular complexity index is 1100. The number of para-hydroxylation sites is 1. The normalized spacial score (nSPS) is 11.6. The van der Waals surface area contributed by atoms with Gasteiger partial charge in [-0.15, -0.1) is 0 Å². The minimum absolute atomic E-state index is 0.00419. The van der Waals surface area contributed by atoms with Crippen LogP contribution in [0.1, 0.15) is 24.2 Å². The quantitative estimate of drug-likeness (QED) is 0.618. The lowest BCUT2D eigenvalue weighted by atomic mass is 10.1. The fraction of sp³-hybridized carbons (Fsp3) is 0.167. The summed E-state index contributed by atoms with van der Waals surface area (Å²) in [7, 11) is -3.75. The van der Waals surface area contributed by atoms with Crippen LogP contribution in [-0.2, 0) is 10.0 Å². The van der Waals surface area contributed by atoms with Crippen molar-refractivity contribution < 1.29 is 13.2 Å². The van der Waals surface area contributed by atoms with Crippen LogP contribution in [0.15, 0.2) is 53.6 Å². The van der Waals surface area contributed by atoms with Crippen LogP contribution in [-0.4, -0.2) is 30.3 Å². The first kappa shape index (κ1) is 18.7. The van der Waals surface area contributed by atoms with Gasteiger partial charge in [0, 0.05) is 23.3 Å². The van der Waals surface area contributed by atoms with Crippen LogP contribution in [0.5, 0.6) is 0 Å². The number of nitrogens with zero attached hydrogens (tertiary/aromatic N) is 2. The zero-order valence-corrected chi connectivity index (χ0v) is 15.6. The van der Waals surface area contributed by atoms with Crippen LogP contribution in [0, 0.1) is 0 Å². The first-order valence-electron chi connectivity index (χ1n) is 8.20. The van der Waals surface area contributed by atoms with Gasteiger partial charge in [0.25, 0.3) is 5.91 Å². The number of carbonyl (C=O) groups excluding carboxylic acids is 1. The molecule has 9 heteroatoms. The molecule has 3 rings (SSSR count). The van der Waals surface area contributed by atoms with E-state index in [-0.39, 0.29) is 22.8 Å². The van der Waals surface area contributed by atoms with E-state index >= 15 is 0 Å². The molecule has 1 heterocycles. The number of nitrogens with two attached hydrogens (primary N) is 1. The number of nitrogens with one attached hydrogen (secondary N) is 2. The summed E-state index contributed by atoms with van der Waals surface area (Å²) in [6.45, 7) is 3.77. The molecule has 0 unspecified atom stereocenters. The zero-order valence-electron chi connectivity index (χ0n) is 14.8. The maximum atomic E-state index is 12.4. The van der Waals surface area contributed by atoms with Gasteiger partial charge in [0.1, 0.15) is 0 Å². The Morgan fingerprint density at radius 2 is 1.81 bits per heavy atom. The molecule has 1 amide bonds. The number of sulfonamides is 1. The Morgan fingerprint density at radius 3 is 2.44 bits per heavy atom. The van der Waals surface area contributed by atoms with Crippen LogP contribution in [0.3, 0.4) is 0 Å². The van der Waals surface area contributed by atoms with Gasteiger partial charge in [-0.3, -0.25) is 4.79 Å². The zero-order chi connectivity index (χ0) is 19.6. The van der Waals surface area contributed by atoms with Crippen molar-refractivity contribution in [2.24, 2.45) is 5.14 Å². The number of anilines is 2. The maximum Gasteiger partial charge on any atom is 0.253 e. The lowest BCUT2D eigenvalue weighted by Gasteiger charge is -2.11. The summed E-state index contributed by atoms with van der Waals surface area (Å²) in [5.41, 5.74) is 1.57. The predicted molar refractivity (Wildman–Crippen MR) is 103 cm³/mol. The molecule has 0 fully saturated rings. The highest BCUT2D eigenvalue weighted by Crippen LogP contribution is 2.20. The average Bonchev–Trinajstić information content (AvgIpc) is 2.60. The Kier molecular flexibility index (Phi) is 5.06. The second kappa shape index (κ2) is 7.29. The number of benzene rings is 2. The minimum Gasteiger partial charge on any atom is -0.350 e. The molecule has 0 radical (unpaired) electrons. The summed E-state index contributed by atoms with van der Waals surface area (Å²) in [6, 6.07) is 11.2. The number of primary sulfonamides is 1. The lowest BCUT2D eigenvalue weighted by molar-refractivity contribution is 0.0944. The maximum absolute atomic E-state index is 12.4. The van der Waals surface area contributed by atoms with E-state index in [4.69, 9.17) is 5.14 Å². The van der Waals surface area contributed by atoms with Gasteiger partial charge in [-0.1, -0.05) is 12.1 Å². The molecule has 140 valence electrons. The van der Waals surface area contributed by atoms with Gasteiger partial charge < -0.3 is 10.6 Å². The first-order valence-corrected chi connectivity index (χ1v) is 9.75. The van der Waals surface area contributed by atoms with E-state index in [9.17, 15) is 13.2 Å². The largest absolute Gasteiger partial charge is 0.350 e. The molecule has 0 aliphatic rings. The molecule has 0 bridgehead atoms. The Balaban J connectivity index is 1.93. The SMILES string of the molecule is CC(C)NC(=O)c1cccc2cnc(Nc3ccc(S(N)(=O)=O)cc3)nc12. The molecule has 0 saturated carbocycles. The Labute approximate surface area is 156 Å². The van der Waals surface area contributed by atoms with Gasteiger partial charge in [-0.05, 0) is 44.2 Å². The molecular weight excluding hydrogens is 366 g/mol. The van der Waals surface area contributed by atoms with Crippen molar-refractivity contribution in [1.82, 2.24) is 15.3 Å². The molecular formula is C18H19N5O3S. The molecule has 4 N–H and O–H groups in total. The second-order valence-corrected chi connectivity index (χ2v) is 7.82. The van der Waals surface area contributed by atoms with Crippen LogP contribution in [0.4, 0.5) is 11.6 Å². The smallest absolute Gasteiger partial charge is 0.253 e. The van der Waals surface area contributed by atoms with Crippen LogP contribution in [0.25, 0.3) is 10.9 Å². The summed E-state index contributed by atoms with van der Waals surface area (Å²) in [6.07, 6.45) is 1.62. The van der Waals surface area contributed by atoms with Crippen molar-refractivity contribution in [2.75, 3.05) is 5.32 Å². The molecule has 0 aliphatic heterocycles. The summed E-state index contributed by atoms with van der Waals surface area (Å²) < 4.78 is 22.6. The lowest BCUT2D eigenvalue weighted by Crippen LogP contribution is -2.30. The van der Waals surface area contributed by atoms with Gasteiger partial charge in [0.2, 0.25) is 16.0 Å². The summed E-state index contributed by atoms with van der Waals surface area (Å²) in [5.74, 6) is 0.0772. The molecule has 3 aromatic rings. The van der Waals surface area contributed by atoms with Crippen LogP contribution >= 0.6 is 0 Å². The van der Waals surface area contributed by atoms with E-state index in [0.717, 1.165) is 5.39 Å². The summed E-state index contributed by atoms with van der Waals surface area (Å²) >= 11 is 0. The third kappa shape index (κ3) is 4.39. The van der Waals surface area contributed by atoms with Gasteiger partial charge in [-0.25, -0.2) is 23.5 Å². The van der Waals surface area contributed by atoms with Crippen LogP contribution < -0.4 is 15.8 Å². The minimum atomic E-state index is -3.75. The molecule has 0 atom stereocenters. The Hall–Kier alpha value is -3.04. The van der Waals surface area contributed by atoms with Gasteiger partial charge >= 0.3 is 0 Å². The topological polar surface area (TPSA) is 127 Å². The molecule has 1 aromatic heterocycles. The molecule has 0 saturated heterocycles. The molecule has 0 aliphatic carbocycles. The standard InChI is InChI=1S/C18H19N5O3S/c1-11(2)21-17(24)15-5-3-4-12-10-20-18(23-16(12)15)22-13-6-8-14(9-7-13)27(19,25)26/h3-11H,1-2H3,(H,21,24)(H2,19,25,26)(H,20,22,23). The second-order valence-electron chi connectivity index (χ2n) is 6.26. The third-order valence-corrected chi connectivity index (χ3v) is 4.64. The highest BCUT2D eigenvalue weighted by Gasteiger charge is 2.13. The van der Waals surface area contributed by atoms with Gasteiger partial charge in [-0.2, -0.15) is 0 Å². The highest BCUT2D eigenvalue weighted by atomic mass is 32.2. The van der Waals surface area contributed by atoms with Crippen molar-refractivity contribution in [3.05, 3.63) is 54.2 Å². The number of rotatable bonds is 5. The van der Waals surface area contributed by atoms with Gasteiger partial charge in [0.05, 0.1) is 16.0 Å². The van der Waals surface area contributed by atoms with E-state index in [2.05, 4.69) is 20.6 Å². The van der Waals surface area contributed by atoms with E-state index in [1.54, 1.807) is 30.5 Å². The number of amides is 1. The average molecular weight is 385 g/mol. The fourth-order valence-electron chi connectivity index (χ4n) is 2.50. The summed E-state index contributed by atoms with van der Waals surface area (Å²) in [4.78, 5) is 21.1. The summed E-state index contributed by atoms with van der Waals surface area (Å²) in [5, 5.41) is 11.7. The fourth-order valence-corrected chi connectivity index (χ4v) is 3.01. The first-order chi connectivity index (χ1) is 12.7. The number of carbonyl (C=O) groups is 1. The van der Waals surface area contributed by atoms with Crippen molar-refractivity contribution in [3.8, 4) is 0 Å². The van der Waals surface area contributed by atoms with Gasteiger partial charge in [0.15, 0.2) is 0 Å². The number of aromatic nitrogens is 2. The van der Waals surface area contributed by atoms with Crippen molar-refractivity contribution in [3.63, 3.8) is 0 Å². The van der Waals surface area contributed by atoms with Crippen molar-refractivity contribution in [2.45, 2.75) is 24.8 Å². The molecule has 8 nitrogen and oxygen atoms in total.